The molecule has 0 N–H and O–H groups in total. The SMILES string of the molecule is COCCOc1ccc(F)cc1C1CCN(C2COC3(C2)CN(c2ncns2)C3)CC1. The topological polar surface area (TPSA) is 60.0 Å². The third-order valence-electron chi connectivity index (χ3n) is 6.77. The molecular formula is C22H29FN4O3S. The molecule has 3 aliphatic heterocycles. The molecule has 1 spiro atoms. The fourth-order valence-electron chi connectivity index (χ4n) is 5.15. The first-order valence-corrected chi connectivity index (χ1v) is 11.7. The molecule has 9 heteroatoms. The van der Waals surface area contributed by atoms with Crippen LogP contribution in [0.3, 0.4) is 0 Å². The molecule has 0 bridgehead atoms. The normalized spacial score (nSPS) is 23.9. The zero-order valence-corrected chi connectivity index (χ0v) is 18.7. The third kappa shape index (κ3) is 4.41. The molecule has 1 atom stereocenters. The minimum absolute atomic E-state index is 0.0297. The summed E-state index contributed by atoms with van der Waals surface area (Å²) in [7, 11) is 1.65. The van der Waals surface area contributed by atoms with Gasteiger partial charge in [-0.1, -0.05) is 0 Å². The molecule has 3 saturated heterocycles. The molecule has 0 amide bonds. The van der Waals surface area contributed by atoms with Crippen LogP contribution in [0.2, 0.25) is 0 Å². The lowest BCUT2D eigenvalue weighted by atomic mass is 9.86. The van der Waals surface area contributed by atoms with Crippen molar-refractivity contribution in [1.82, 2.24) is 14.3 Å². The monoisotopic (exact) mass is 448 g/mol. The van der Waals surface area contributed by atoms with Crippen LogP contribution in [0, 0.1) is 5.82 Å². The van der Waals surface area contributed by atoms with E-state index in [0.29, 0.717) is 25.2 Å². The number of ether oxygens (including phenoxy) is 3. The van der Waals surface area contributed by atoms with Gasteiger partial charge in [0.05, 0.1) is 26.3 Å². The van der Waals surface area contributed by atoms with Gasteiger partial charge in [0.1, 0.15) is 30.1 Å². The Morgan fingerprint density at radius 1 is 1.26 bits per heavy atom. The molecule has 1 aromatic carbocycles. The highest BCUT2D eigenvalue weighted by atomic mass is 32.1. The molecule has 0 aliphatic carbocycles. The van der Waals surface area contributed by atoms with Crippen molar-refractivity contribution in [1.29, 1.82) is 0 Å². The zero-order valence-electron chi connectivity index (χ0n) is 17.8. The second-order valence-electron chi connectivity index (χ2n) is 8.77. The molecule has 1 unspecified atom stereocenters. The molecule has 5 rings (SSSR count). The molecule has 7 nitrogen and oxygen atoms in total. The van der Waals surface area contributed by atoms with Gasteiger partial charge >= 0.3 is 0 Å². The molecule has 0 radical (unpaired) electrons. The van der Waals surface area contributed by atoms with Crippen LogP contribution in [-0.4, -0.2) is 79.0 Å². The Balaban J connectivity index is 1.15. The van der Waals surface area contributed by atoms with Gasteiger partial charge in [0.2, 0.25) is 5.13 Å². The maximum Gasteiger partial charge on any atom is 0.205 e. The van der Waals surface area contributed by atoms with Crippen LogP contribution in [0.1, 0.15) is 30.7 Å². The van der Waals surface area contributed by atoms with Gasteiger partial charge in [0.15, 0.2) is 0 Å². The fraction of sp³-hybridized carbons (Fsp3) is 0.636. The summed E-state index contributed by atoms with van der Waals surface area (Å²) in [6, 6.07) is 5.33. The van der Waals surface area contributed by atoms with E-state index in [-0.39, 0.29) is 11.4 Å². The van der Waals surface area contributed by atoms with Gasteiger partial charge in [-0.3, -0.25) is 4.90 Å². The summed E-state index contributed by atoms with van der Waals surface area (Å²) in [4.78, 5) is 9.11. The lowest BCUT2D eigenvalue weighted by Gasteiger charge is -2.47. The van der Waals surface area contributed by atoms with Crippen molar-refractivity contribution in [3.05, 3.63) is 35.9 Å². The van der Waals surface area contributed by atoms with E-state index in [9.17, 15) is 4.39 Å². The van der Waals surface area contributed by atoms with Crippen molar-refractivity contribution < 1.29 is 18.6 Å². The third-order valence-corrected chi connectivity index (χ3v) is 7.50. The number of anilines is 1. The van der Waals surface area contributed by atoms with Crippen LogP contribution >= 0.6 is 11.5 Å². The average Bonchev–Trinajstić information content (AvgIpc) is 3.44. The van der Waals surface area contributed by atoms with Crippen molar-refractivity contribution in [2.24, 2.45) is 0 Å². The van der Waals surface area contributed by atoms with Crippen LogP contribution < -0.4 is 9.64 Å². The summed E-state index contributed by atoms with van der Waals surface area (Å²) >= 11 is 1.44. The van der Waals surface area contributed by atoms with E-state index >= 15 is 0 Å². The quantitative estimate of drug-likeness (QED) is 0.604. The Morgan fingerprint density at radius 2 is 2.10 bits per heavy atom. The minimum Gasteiger partial charge on any atom is -0.491 e. The summed E-state index contributed by atoms with van der Waals surface area (Å²) in [5, 5.41) is 0.983. The minimum atomic E-state index is -0.201. The Morgan fingerprint density at radius 3 is 2.84 bits per heavy atom. The number of benzene rings is 1. The Labute approximate surface area is 186 Å². The maximum absolute atomic E-state index is 14.0. The fourth-order valence-corrected chi connectivity index (χ4v) is 5.67. The van der Waals surface area contributed by atoms with E-state index in [1.165, 1.54) is 17.6 Å². The van der Waals surface area contributed by atoms with Gasteiger partial charge in [0.25, 0.3) is 0 Å². The second kappa shape index (κ2) is 8.97. The number of rotatable bonds is 7. The van der Waals surface area contributed by atoms with Crippen molar-refractivity contribution >= 4 is 16.7 Å². The second-order valence-corrected chi connectivity index (χ2v) is 9.52. The highest BCUT2D eigenvalue weighted by Crippen LogP contribution is 2.41. The number of hydrogen-bond acceptors (Lipinski definition) is 8. The predicted molar refractivity (Wildman–Crippen MR) is 117 cm³/mol. The van der Waals surface area contributed by atoms with Crippen LogP contribution in [0.25, 0.3) is 0 Å². The first kappa shape index (κ1) is 21.1. The van der Waals surface area contributed by atoms with E-state index in [4.69, 9.17) is 14.2 Å². The molecule has 3 aliphatic rings. The molecule has 31 heavy (non-hydrogen) atoms. The van der Waals surface area contributed by atoms with Crippen molar-refractivity contribution in [2.75, 3.05) is 58.0 Å². The zero-order chi connectivity index (χ0) is 21.3. The number of methoxy groups -OCH3 is 1. The number of piperidine rings is 1. The van der Waals surface area contributed by atoms with Gasteiger partial charge in [-0.2, -0.15) is 4.37 Å². The molecule has 3 fully saturated rings. The summed E-state index contributed by atoms with van der Waals surface area (Å²) < 4.78 is 35.3. The average molecular weight is 449 g/mol. The maximum atomic E-state index is 14.0. The van der Waals surface area contributed by atoms with Gasteiger partial charge in [-0.15, -0.1) is 0 Å². The molecule has 4 heterocycles. The van der Waals surface area contributed by atoms with E-state index in [0.717, 1.165) is 68.5 Å². The standard InChI is InChI=1S/C22H29FN4O3S/c1-28-8-9-29-20-3-2-17(23)10-19(20)16-4-6-26(7-5-16)18-11-22(30-12-18)13-27(14-22)21-24-15-25-31-21/h2-3,10,15-16,18H,4-9,11-14H2,1H3. The Kier molecular flexibility index (Phi) is 6.10. The number of nitrogens with zero attached hydrogens (tertiary/aromatic N) is 4. The van der Waals surface area contributed by atoms with Crippen LogP contribution in [-0.2, 0) is 9.47 Å². The smallest absolute Gasteiger partial charge is 0.205 e. The van der Waals surface area contributed by atoms with Crippen LogP contribution in [0.4, 0.5) is 9.52 Å². The van der Waals surface area contributed by atoms with Gasteiger partial charge in [-0.05, 0) is 56.5 Å². The Bertz CT molecular complexity index is 870. The van der Waals surface area contributed by atoms with Gasteiger partial charge in [0, 0.05) is 30.2 Å². The molecule has 2 aromatic rings. The highest BCUT2D eigenvalue weighted by molar-refractivity contribution is 7.09. The number of aromatic nitrogens is 2. The van der Waals surface area contributed by atoms with E-state index < -0.39 is 0 Å². The van der Waals surface area contributed by atoms with Gasteiger partial charge in [-0.25, -0.2) is 9.37 Å². The van der Waals surface area contributed by atoms with Crippen molar-refractivity contribution in [2.45, 2.75) is 36.8 Å². The Hall–Kier alpha value is -1.81. The first-order valence-electron chi connectivity index (χ1n) is 11.0. The van der Waals surface area contributed by atoms with E-state index in [1.54, 1.807) is 25.6 Å². The molecular weight excluding hydrogens is 419 g/mol. The number of likely N-dealkylation sites (tertiary alicyclic amines) is 1. The molecule has 0 saturated carbocycles. The summed E-state index contributed by atoms with van der Waals surface area (Å²) in [6.07, 6.45) is 4.69. The lowest BCUT2D eigenvalue weighted by Crippen LogP contribution is -2.62. The van der Waals surface area contributed by atoms with Gasteiger partial charge < -0.3 is 19.1 Å². The van der Waals surface area contributed by atoms with Crippen molar-refractivity contribution in [3.8, 4) is 5.75 Å². The molecule has 1 aromatic heterocycles. The number of halogens is 1. The predicted octanol–water partition coefficient (Wildman–Crippen LogP) is 2.93. The van der Waals surface area contributed by atoms with Crippen LogP contribution in [0.15, 0.2) is 24.5 Å². The number of hydrogen-bond donors (Lipinski definition) is 0. The largest absolute Gasteiger partial charge is 0.491 e. The van der Waals surface area contributed by atoms with E-state index in [2.05, 4.69) is 19.2 Å². The van der Waals surface area contributed by atoms with Crippen molar-refractivity contribution in [3.63, 3.8) is 0 Å². The highest BCUT2D eigenvalue weighted by Gasteiger charge is 2.51. The van der Waals surface area contributed by atoms with Crippen LogP contribution in [0.5, 0.6) is 5.75 Å². The lowest BCUT2D eigenvalue weighted by molar-refractivity contribution is -0.0194. The van der Waals surface area contributed by atoms with E-state index in [1.807, 2.05) is 0 Å². The summed E-state index contributed by atoms with van der Waals surface area (Å²) in [5.74, 6) is 0.899. The molecule has 168 valence electrons. The first-order chi connectivity index (χ1) is 15.2. The summed E-state index contributed by atoms with van der Waals surface area (Å²) in [5.41, 5.74) is 0.958. The summed E-state index contributed by atoms with van der Waals surface area (Å²) in [6.45, 7) is 5.60.